The van der Waals surface area contributed by atoms with Crippen LogP contribution in [0.5, 0.6) is 0 Å². The molecule has 5 nitrogen and oxygen atoms in total. The smallest absolute Gasteiger partial charge is 0.244 e. The highest BCUT2D eigenvalue weighted by molar-refractivity contribution is 8.00. The van der Waals surface area contributed by atoms with Gasteiger partial charge < -0.3 is 4.90 Å². The van der Waals surface area contributed by atoms with Crippen molar-refractivity contribution in [3.63, 3.8) is 0 Å². The summed E-state index contributed by atoms with van der Waals surface area (Å²) in [6.45, 7) is 6.63. The second kappa shape index (κ2) is 10.1. The molecule has 1 aromatic carbocycles. The number of nitrogens with zero attached hydrogens (tertiary/aromatic N) is 3. The van der Waals surface area contributed by atoms with Crippen LogP contribution in [0.1, 0.15) is 55.3 Å². The Morgan fingerprint density at radius 3 is 2.30 bits per heavy atom. The molecule has 1 fully saturated rings. The first kappa shape index (κ1) is 22.9. The molecule has 7 heteroatoms. The van der Waals surface area contributed by atoms with Crippen LogP contribution in [0, 0.1) is 6.92 Å². The van der Waals surface area contributed by atoms with Crippen molar-refractivity contribution < 1.29 is 9.59 Å². The number of carbonyl (C=O) groups is 2. The number of hydrogen-bond donors (Lipinski definition) is 0. The summed E-state index contributed by atoms with van der Waals surface area (Å²) < 4.78 is 1.70. The molecule has 2 heterocycles. The molecule has 30 heavy (non-hydrogen) atoms. The number of hydrogen-bond acceptors (Lipinski definition) is 5. The quantitative estimate of drug-likeness (QED) is 0.622. The Kier molecular flexibility index (Phi) is 7.69. The Morgan fingerprint density at radius 2 is 1.67 bits per heavy atom. The van der Waals surface area contributed by atoms with Crippen molar-refractivity contribution in [3.05, 3.63) is 41.9 Å². The molecular formula is C23H31N3O2S2. The van der Waals surface area contributed by atoms with E-state index in [4.69, 9.17) is 4.98 Å². The van der Waals surface area contributed by atoms with Crippen molar-refractivity contribution in [2.45, 2.75) is 56.6 Å². The predicted octanol–water partition coefficient (Wildman–Crippen LogP) is 5.06. The number of imidazole rings is 1. The Labute approximate surface area is 188 Å². The zero-order valence-electron chi connectivity index (χ0n) is 18.4. The molecule has 1 aromatic heterocycles. The molecule has 1 saturated heterocycles. The summed E-state index contributed by atoms with van der Waals surface area (Å²) in [5, 5.41) is -0.284. The molecule has 0 spiro atoms. The Balaban J connectivity index is 2.07. The first-order valence-electron chi connectivity index (χ1n) is 10.4. The summed E-state index contributed by atoms with van der Waals surface area (Å²) in [6, 6.07) is 8.01. The van der Waals surface area contributed by atoms with Crippen LogP contribution in [0.4, 0.5) is 0 Å². The lowest BCUT2D eigenvalue weighted by molar-refractivity contribution is -0.134. The number of likely N-dealkylation sites (tertiary alicyclic amines) is 1. The maximum Gasteiger partial charge on any atom is 0.244 e. The largest absolute Gasteiger partial charge is 0.332 e. The summed E-state index contributed by atoms with van der Waals surface area (Å²) in [6.07, 6.45) is 8.60. The van der Waals surface area contributed by atoms with E-state index in [-0.39, 0.29) is 28.4 Å². The monoisotopic (exact) mass is 445 g/mol. The summed E-state index contributed by atoms with van der Waals surface area (Å²) in [5.74, 6) is 0.834. The molecule has 162 valence electrons. The number of piperidine rings is 1. The minimum atomic E-state index is -0.179. The van der Waals surface area contributed by atoms with E-state index in [0.29, 0.717) is 12.4 Å². The van der Waals surface area contributed by atoms with Gasteiger partial charge in [-0.2, -0.15) is 23.5 Å². The molecule has 0 aliphatic carbocycles. The van der Waals surface area contributed by atoms with E-state index >= 15 is 0 Å². The molecule has 3 atom stereocenters. The molecule has 3 unspecified atom stereocenters. The van der Waals surface area contributed by atoms with Gasteiger partial charge in [0.1, 0.15) is 5.82 Å². The van der Waals surface area contributed by atoms with E-state index < -0.39 is 0 Å². The van der Waals surface area contributed by atoms with Crippen LogP contribution >= 0.6 is 23.5 Å². The third-order valence-electron chi connectivity index (χ3n) is 5.80. The predicted molar refractivity (Wildman–Crippen MR) is 127 cm³/mol. The minimum Gasteiger partial charge on any atom is -0.332 e. The summed E-state index contributed by atoms with van der Waals surface area (Å²) in [4.78, 5) is 33.1. The number of amides is 1. The van der Waals surface area contributed by atoms with Crippen LogP contribution in [0.25, 0.3) is 11.3 Å². The molecule has 1 aliphatic heterocycles. The van der Waals surface area contributed by atoms with Crippen molar-refractivity contribution in [2.75, 3.05) is 19.1 Å². The lowest BCUT2D eigenvalue weighted by Gasteiger charge is -2.36. The highest BCUT2D eigenvalue weighted by atomic mass is 32.2. The van der Waals surface area contributed by atoms with Crippen LogP contribution in [-0.4, -0.2) is 55.8 Å². The zero-order valence-corrected chi connectivity index (χ0v) is 20.1. The molecule has 2 aromatic rings. The van der Waals surface area contributed by atoms with E-state index in [1.165, 1.54) is 17.3 Å². The number of thioether (sulfide) groups is 2. The van der Waals surface area contributed by atoms with E-state index in [9.17, 15) is 9.59 Å². The average Bonchev–Trinajstić information content (AvgIpc) is 3.22. The third kappa shape index (κ3) is 4.78. The zero-order chi connectivity index (χ0) is 21.8. The molecule has 0 saturated carbocycles. The number of benzene rings is 1. The third-order valence-corrected chi connectivity index (χ3v) is 7.62. The molecule has 0 radical (unpaired) electrons. The van der Waals surface area contributed by atoms with E-state index in [1.54, 1.807) is 16.3 Å². The van der Waals surface area contributed by atoms with Crippen LogP contribution in [0.3, 0.4) is 0 Å². The van der Waals surface area contributed by atoms with Gasteiger partial charge in [0.15, 0.2) is 0 Å². The number of rotatable bonds is 6. The molecule has 3 rings (SSSR count). The number of carbonyl (C=O) groups excluding carboxylic acids is 2. The van der Waals surface area contributed by atoms with Gasteiger partial charge in [0, 0.05) is 18.3 Å². The van der Waals surface area contributed by atoms with Crippen LogP contribution < -0.4 is 0 Å². The normalized spacial score (nSPS) is 18.8. The van der Waals surface area contributed by atoms with Crippen LogP contribution in [-0.2, 0) is 4.79 Å². The van der Waals surface area contributed by atoms with Crippen molar-refractivity contribution in [1.29, 1.82) is 0 Å². The Bertz CT molecular complexity index is 894. The fourth-order valence-corrected chi connectivity index (χ4v) is 4.42. The van der Waals surface area contributed by atoms with Crippen molar-refractivity contribution >= 4 is 35.3 Å². The fraction of sp³-hybridized carbons (Fsp3) is 0.522. The minimum absolute atomic E-state index is 0.0132. The van der Waals surface area contributed by atoms with E-state index in [0.717, 1.165) is 30.5 Å². The molecule has 1 aliphatic rings. The van der Waals surface area contributed by atoms with Gasteiger partial charge in [-0.1, -0.05) is 29.8 Å². The number of aromatic nitrogens is 2. The average molecular weight is 446 g/mol. The van der Waals surface area contributed by atoms with Gasteiger partial charge in [0.05, 0.1) is 22.2 Å². The summed E-state index contributed by atoms with van der Waals surface area (Å²) in [7, 11) is 0. The molecular weight excluding hydrogens is 414 g/mol. The lowest BCUT2D eigenvalue weighted by Crippen LogP contribution is -2.43. The van der Waals surface area contributed by atoms with Gasteiger partial charge >= 0.3 is 0 Å². The molecule has 0 N–H and O–H groups in total. The first-order chi connectivity index (χ1) is 14.4. The second-order valence-electron chi connectivity index (χ2n) is 7.86. The first-order valence-corrected chi connectivity index (χ1v) is 13.0. The van der Waals surface area contributed by atoms with Crippen molar-refractivity contribution in [2.24, 2.45) is 0 Å². The van der Waals surface area contributed by atoms with Crippen molar-refractivity contribution in [1.82, 2.24) is 14.5 Å². The van der Waals surface area contributed by atoms with Gasteiger partial charge in [-0.15, -0.1) is 0 Å². The van der Waals surface area contributed by atoms with Crippen LogP contribution in [0.2, 0.25) is 0 Å². The summed E-state index contributed by atoms with van der Waals surface area (Å²) >= 11 is 3.08. The Morgan fingerprint density at radius 1 is 1.03 bits per heavy atom. The van der Waals surface area contributed by atoms with Gasteiger partial charge in [0.2, 0.25) is 11.8 Å². The molecule has 1 amide bonds. The highest BCUT2D eigenvalue weighted by Gasteiger charge is 2.35. The molecule has 0 bridgehead atoms. The SMILES string of the molecule is CSC(C)C(=O)N1CCCCC1c1nc(-c2ccc(C)cc2)cn1C(=O)C(C)SC. The Hall–Kier alpha value is -1.73. The summed E-state index contributed by atoms with van der Waals surface area (Å²) in [5.41, 5.74) is 2.94. The fourth-order valence-electron chi connectivity index (χ4n) is 3.76. The van der Waals surface area contributed by atoms with E-state index in [2.05, 4.69) is 19.1 Å². The van der Waals surface area contributed by atoms with Crippen LogP contribution in [0.15, 0.2) is 30.5 Å². The van der Waals surface area contributed by atoms with E-state index in [1.807, 2.05) is 49.6 Å². The van der Waals surface area contributed by atoms with Gasteiger partial charge in [-0.05, 0) is 52.5 Å². The van der Waals surface area contributed by atoms with Crippen molar-refractivity contribution in [3.8, 4) is 11.3 Å². The number of aryl methyl sites for hydroxylation is 1. The lowest BCUT2D eigenvalue weighted by atomic mass is 10.0. The van der Waals surface area contributed by atoms with Gasteiger partial charge in [0.25, 0.3) is 0 Å². The van der Waals surface area contributed by atoms with Gasteiger partial charge in [-0.25, -0.2) is 4.98 Å². The maximum absolute atomic E-state index is 13.2. The second-order valence-corrected chi connectivity index (χ2v) is 10.2. The maximum atomic E-state index is 13.2. The standard InChI is InChI=1S/C23H31N3O2S2/c1-15-9-11-18(12-10-15)19-14-26(23(28)17(3)30-5)21(24-19)20-8-6-7-13-25(20)22(27)16(2)29-4/h9-12,14,16-17,20H,6-8,13H2,1-5H3. The highest BCUT2D eigenvalue weighted by Crippen LogP contribution is 2.34. The topological polar surface area (TPSA) is 55.2 Å². The van der Waals surface area contributed by atoms with Gasteiger partial charge in [-0.3, -0.25) is 14.2 Å².